The number of H-pyrrole nitrogens is 1. The molecule has 3 heteroatoms. The van der Waals surface area contributed by atoms with Crippen LogP contribution in [0, 0.1) is 13.8 Å². The summed E-state index contributed by atoms with van der Waals surface area (Å²) in [5.41, 5.74) is 3.54. The van der Waals surface area contributed by atoms with Crippen LogP contribution in [0.5, 0.6) is 0 Å². The molecule has 0 aliphatic rings. The second kappa shape index (κ2) is 3.69. The van der Waals surface area contributed by atoms with Crippen LogP contribution in [-0.2, 0) is 0 Å². The van der Waals surface area contributed by atoms with E-state index in [4.69, 9.17) is 0 Å². The van der Waals surface area contributed by atoms with E-state index in [0.29, 0.717) is 11.3 Å². The molecule has 0 aliphatic heterocycles. The molecule has 0 fully saturated rings. The molecule has 1 N–H and O–H groups in total. The fraction of sp³-hybridized carbons (Fsp3) is 0.167. The van der Waals surface area contributed by atoms with E-state index in [2.05, 4.69) is 9.97 Å². The van der Waals surface area contributed by atoms with E-state index in [9.17, 15) is 4.79 Å². The van der Waals surface area contributed by atoms with Crippen LogP contribution >= 0.6 is 0 Å². The minimum absolute atomic E-state index is 0.0180. The lowest BCUT2D eigenvalue weighted by atomic mass is 10.0. The maximum absolute atomic E-state index is 11.9. The largest absolute Gasteiger partial charge is 0.342 e. The Morgan fingerprint density at radius 1 is 1.27 bits per heavy atom. The summed E-state index contributed by atoms with van der Waals surface area (Å²) >= 11 is 0. The van der Waals surface area contributed by atoms with Gasteiger partial charge in [0.05, 0.1) is 12.5 Å². The standard InChI is InChI=1S/C12H12N2O/c1-8-3-4-10(5-9(8)2)12(15)11-6-13-7-14-11/h3-7H,1-2H3,(H,13,14). The number of hydrogen-bond donors (Lipinski definition) is 1. The van der Waals surface area contributed by atoms with Gasteiger partial charge in [-0.1, -0.05) is 12.1 Å². The molecule has 0 bridgehead atoms. The number of rotatable bonds is 2. The summed E-state index contributed by atoms with van der Waals surface area (Å²) in [6, 6.07) is 5.70. The van der Waals surface area contributed by atoms with Gasteiger partial charge in [-0.3, -0.25) is 4.79 Å². The molecule has 0 unspecified atom stereocenters. The lowest BCUT2D eigenvalue weighted by Crippen LogP contribution is -2.02. The molecular weight excluding hydrogens is 188 g/mol. The summed E-state index contributed by atoms with van der Waals surface area (Å²) in [6.45, 7) is 4.03. The Morgan fingerprint density at radius 3 is 2.67 bits per heavy atom. The third kappa shape index (κ3) is 1.81. The number of benzene rings is 1. The molecule has 0 aliphatic carbocycles. The van der Waals surface area contributed by atoms with Gasteiger partial charge >= 0.3 is 0 Å². The average Bonchev–Trinajstić information content (AvgIpc) is 2.74. The lowest BCUT2D eigenvalue weighted by Gasteiger charge is -2.02. The van der Waals surface area contributed by atoms with Crippen LogP contribution < -0.4 is 0 Å². The van der Waals surface area contributed by atoms with E-state index < -0.39 is 0 Å². The van der Waals surface area contributed by atoms with Crippen molar-refractivity contribution in [1.82, 2.24) is 9.97 Å². The molecule has 2 rings (SSSR count). The van der Waals surface area contributed by atoms with Gasteiger partial charge in [0, 0.05) is 5.56 Å². The van der Waals surface area contributed by atoms with Gasteiger partial charge in [0.2, 0.25) is 5.78 Å². The number of carbonyl (C=O) groups is 1. The van der Waals surface area contributed by atoms with Crippen LogP contribution in [0.4, 0.5) is 0 Å². The Bertz CT molecular complexity index is 486. The molecule has 1 heterocycles. The summed E-state index contributed by atoms with van der Waals surface area (Å²) in [5.74, 6) is -0.0180. The highest BCUT2D eigenvalue weighted by Crippen LogP contribution is 2.12. The Labute approximate surface area is 88.2 Å². The van der Waals surface area contributed by atoms with Gasteiger partial charge in [-0.05, 0) is 31.0 Å². The number of nitrogens with zero attached hydrogens (tertiary/aromatic N) is 1. The number of ketones is 1. The highest BCUT2D eigenvalue weighted by molar-refractivity contribution is 6.07. The van der Waals surface area contributed by atoms with Crippen LogP contribution in [0.15, 0.2) is 30.7 Å². The summed E-state index contributed by atoms with van der Waals surface area (Å²) in [4.78, 5) is 18.5. The first-order valence-corrected chi connectivity index (χ1v) is 4.79. The molecule has 0 atom stereocenters. The van der Waals surface area contributed by atoms with Crippen LogP contribution in [-0.4, -0.2) is 15.8 Å². The van der Waals surface area contributed by atoms with Gasteiger partial charge in [0.15, 0.2) is 0 Å². The molecule has 0 spiro atoms. The van der Waals surface area contributed by atoms with E-state index in [1.165, 1.54) is 18.1 Å². The Balaban J connectivity index is 2.39. The molecule has 0 radical (unpaired) electrons. The molecule has 2 aromatic rings. The summed E-state index contributed by atoms with van der Waals surface area (Å²) < 4.78 is 0. The SMILES string of the molecule is Cc1ccc(C(=O)c2cnc[nH]2)cc1C. The molecule has 3 nitrogen and oxygen atoms in total. The summed E-state index contributed by atoms with van der Waals surface area (Å²) in [6.07, 6.45) is 3.05. The van der Waals surface area contributed by atoms with Crippen LogP contribution in [0.25, 0.3) is 0 Å². The minimum atomic E-state index is -0.0180. The normalized spacial score (nSPS) is 10.3. The zero-order chi connectivity index (χ0) is 10.8. The predicted octanol–water partition coefficient (Wildman–Crippen LogP) is 2.26. The maximum atomic E-state index is 11.9. The van der Waals surface area contributed by atoms with Crippen LogP contribution in [0.2, 0.25) is 0 Å². The van der Waals surface area contributed by atoms with Crippen LogP contribution in [0.3, 0.4) is 0 Å². The number of aromatic nitrogens is 2. The number of carbonyl (C=O) groups excluding carboxylic acids is 1. The molecule has 0 amide bonds. The molecule has 0 saturated heterocycles. The highest BCUT2D eigenvalue weighted by Gasteiger charge is 2.10. The van der Waals surface area contributed by atoms with Gasteiger partial charge in [0.1, 0.15) is 5.69 Å². The van der Waals surface area contributed by atoms with Crippen molar-refractivity contribution < 1.29 is 4.79 Å². The first kappa shape index (κ1) is 9.65. The van der Waals surface area contributed by atoms with Gasteiger partial charge in [-0.15, -0.1) is 0 Å². The molecule has 15 heavy (non-hydrogen) atoms. The number of aromatic amines is 1. The van der Waals surface area contributed by atoms with E-state index in [0.717, 1.165) is 5.56 Å². The second-order valence-corrected chi connectivity index (χ2v) is 3.59. The van der Waals surface area contributed by atoms with E-state index >= 15 is 0 Å². The van der Waals surface area contributed by atoms with Crippen molar-refractivity contribution in [3.05, 3.63) is 53.1 Å². The summed E-state index contributed by atoms with van der Waals surface area (Å²) in [7, 11) is 0. The Kier molecular flexibility index (Phi) is 2.37. The van der Waals surface area contributed by atoms with E-state index in [-0.39, 0.29) is 5.78 Å². The number of nitrogens with one attached hydrogen (secondary N) is 1. The van der Waals surface area contributed by atoms with Crippen molar-refractivity contribution in [2.45, 2.75) is 13.8 Å². The minimum Gasteiger partial charge on any atom is -0.342 e. The number of hydrogen-bond acceptors (Lipinski definition) is 2. The molecule has 0 saturated carbocycles. The van der Waals surface area contributed by atoms with Crippen molar-refractivity contribution >= 4 is 5.78 Å². The van der Waals surface area contributed by atoms with E-state index in [1.807, 2.05) is 32.0 Å². The lowest BCUT2D eigenvalue weighted by molar-refractivity contribution is 0.103. The smallest absolute Gasteiger partial charge is 0.210 e. The van der Waals surface area contributed by atoms with Gasteiger partial charge in [-0.25, -0.2) is 4.98 Å². The molecule has 76 valence electrons. The quantitative estimate of drug-likeness (QED) is 0.756. The van der Waals surface area contributed by atoms with E-state index in [1.54, 1.807) is 0 Å². The van der Waals surface area contributed by atoms with Gasteiger partial charge in [-0.2, -0.15) is 0 Å². The zero-order valence-electron chi connectivity index (χ0n) is 8.74. The van der Waals surface area contributed by atoms with Crippen molar-refractivity contribution in [3.8, 4) is 0 Å². The number of aryl methyl sites for hydroxylation is 2. The third-order valence-electron chi connectivity index (χ3n) is 2.51. The molecular formula is C12H12N2O. The predicted molar refractivity (Wildman–Crippen MR) is 57.9 cm³/mol. The topological polar surface area (TPSA) is 45.8 Å². The third-order valence-corrected chi connectivity index (χ3v) is 2.51. The number of imidazole rings is 1. The maximum Gasteiger partial charge on any atom is 0.210 e. The van der Waals surface area contributed by atoms with Crippen molar-refractivity contribution in [2.24, 2.45) is 0 Å². The Morgan fingerprint density at radius 2 is 2.07 bits per heavy atom. The molecule has 1 aromatic heterocycles. The van der Waals surface area contributed by atoms with Crippen molar-refractivity contribution in [1.29, 1.82) is 0 Å². The Hall–Kier alpha value is -1.90. The monoisotopic (exact) mass is 200 g/mol. The second-order valence-electron chi connectivity index (χ2n) is 3.59. The first-order valence-electron chi connectivity index (χ1n) is 4.79. The van der Waals surface area contributed by atoms with Gasteiger partial charge in [0.25, 0.3) is 0 Å². The highest BCUT2D eigenvalue weighted by atomic mass is 16.1. The van der Waals surface area contributed by atoms with Crippen molar-refractivity contribution in [2.75, 3.05) is 0 Å². The summed E-state index contributed by atoms with van der Waals surface area (Å²) in [5, 5.41) is 0. The fourth-order valence-electron chi connectivity index (χ4n) is 1.42. The molecule has 1 aromatic carbocycles. The van der Waals surface area contributed by atoms with Crippen LogP contribution in [0.1, 0.15) is 27.2 Å². The average molecular weight is 200 g/mol. The fourth-order valence-corrected chi connectivity index (χ4v) is 1.42. The van der Waals surface area contributed by atoms with Crippen molar-refractivity contribution in [3.63, 3.8) is 0 Å². The van der Waals surface area contributed by atoms with Gasteiger partial charge < -0.3 is 4.98 Å². The first-order chi connectivity index (χ1) is 7.18. The zero-order valence-corrected chi connectivity index (χ0v) is 8.74.